The molecule has 11 rings (SSSR count). The predicted octanol–water partition coefficient (Wildman–Crippen LogP) is 13.5. The third-order valence-corrected chi connectivity index (χ3v) is 11.5. The lowest BCUT2D eigenvalue weighted by Gasteiger charge is -2.11. The molecule has 0 radical (unpaired) electrons. The van der Waals surface area contributed by atoms with Crippen molar-refractivity contribution in [1.82, 2.24) is 19.9 Å². The molecule has 5 nitrogen and oxygen atoms in total. The van der Waals surface area contributed by atoms with Crippen LogP contribution in [-0.4, -0.2) is 19.9 Å². The molecule has 262 valence electrons. The molecule has 11 aromatic rings. The smallest absolute Gasteiger partial charge is 0.227 e. The van der Waals surface area contributed by atoms with Gasteiger partial charge in [0, 0.05) is 42.4 Å². The van der Waals surface area contributed by atoms with Gasteiger partial charge in [0.15, 0.2) is 23.1 Å². The molecule has 0 spiro atoms. The summed E-state index contributed by atoms with van der Waals surface area (Å²) in [5, 5.41) is 4.70. The fourth-order valence-corrected chi connectivity index (χ4v) is 8.79. The van der Waals surface area contributed by atoms with E-state index in [0.717, 1.165) is 66.4 Å². The maximum atomic E-state index is 6.40. The molecular formula is C50H30N4OS. The summed E-state index contributed by atoms with van der Waals surface area (Å²) in [7, 11) is 0. The Kier molecular flexibility index (Phi) is 7.60. The summed E-state index contributed by atoms with van der Waals surface area (Å²) >= 11 is 1.78. The Morgan fingerprint density at radius 1 is 0.375 bits per heavy atom. The van der Waals surface area contributed by atoms with Crippen LogP contribution in [0.25, 0.3) is 110 Å². The summed E-state index contributed by atoms with van der Waals surface area (Å²) in [6.45, 7) is 0. The number of oxazole rings is 1. The van der Waals surface area contributed by atoms with Crippen LogP contribution in [0.5, 0.6) is 0 Å². The zero-order valence-electron chi connectivity index (χ0n) is 29.9. The van der Waals surface area contributed by atoms with Crippen LogP contribution in [0.4, 0.5) is 0 Å². The molecule has 0 aliphatic carbocycles. The molecule has 0 amide bonds. The van der Waals surface area contributed by atoms with Crippen LogP contribution in [0.2, 0.25) is 0 Å². The minimum Gasteiger partial charge on any atom is -0.436 e. The molecule has 6 heteroatoms. The van der Waals surface area contributed by atoms with Crippen molar-refractivity contribution in [2.75, 3.05) is 0 Å². The van der Waals surface area contributed by atoms with Gasteiger partial charge in [-0.2, -0.15) is 0 Å². The van der Waals surface area contributed by atoms with E-state index >= 15 is 0 Å². The zero-order chi connectivity index (χ0) is 37.0. The maximum absolute atomic E-state index is 6.40. The standard InChI is InChI=1S/C50H30N4OS/c1-3-12-31(13-4-1)35-18-9-20-37(26-35)48-52-47(33-15-5-2-6-16-33)53-49(54-48)38-21-10-19-36(28-38)40-22-11-23-41-42-29-44-43(30-45(42)56-46(40)41)51-50(55-44)39-25-24-32-14-7-8-17-34(32)27-39/h1-30H. The lowest BCUT2D eigenvalue weighted by atomic mass is 10.0. The highest BCUT2D eigenvalue weighted by molar-refractivity contribution is 7.26. The first kappa shape index (κ1) is 32.2. The summed E-state index contributed by atoms with van der Waals surface area (Å²) < 4.78 is 8.77. The summed E-state index contributed by atoms with van der Waals surface area (Å²) in [6, 6.07) is 62.9. The minimum atomic E-state index is 0.623. The van der Waals surface area contributed by atoms with E-state index in [1.54, 1.807) is 11.3 Å². The highest BCUT2D eigenvalue weighted by Crippen LogP contribution is 2.42. The molecule has 0 saturated heterocycles. The first-order chi connectivity index (χ1) is 27.7. The van der Waals surface area contributed by atoms with E-state index in [0.29, 0.717) is 23.4 Å². The number of nitrogens with zero attached hydrogens (tertiary/aromatic N) is 4. The molecule has 0 N–H and O–H groups in total. The molecule has 0 fully saturated rings. The van der Waals surface area contributed by atoms with Crippen LogP contribution in [-0.2, 0) is 0 Å². The van der Waals surface area contributed by atoms with E-state index in [2.05, 4.69) is 146 Å². The lowest BCUT2D eigenvalue weighted by molar-refractivity contribution is 0.620. The number of thiophene rings is 1. The maximum Gasteiger partial charge on any atom is 0.227 e. The van der Waals surface area contributed by atoms with Crippen molar-refractivity contribution in [2.45, 2.75) is 0 Å². The first-order valence-corrected chi connectivity index (χ1v) is 19.4. The van der Waals surface area contributed by atoms with Crippen molar-refractivity contribution in [2.24, 2.45) is 0 Å². The van der Waals surface area contributed by atoms with Gasteiger partial charge in [0.1, 0.15) is 5.52 Å². The summed E-state index contributed by atoms with van der Waals surface area (Å²) in [6.07, 6.45) is 0. The van der Waals surface area contributed by atoms with Gasteiger partial charge in [-0.1, -0.05) is 146 Å². The van der Waals surface area contributed by atoms with E-state index in [-0.39, 0.29) is 0 Å². The van der Waals surface area contributed by atoms with Gasteiger partial charge in [-0.15, -0.1) is 11.3 Å². The molecule has 3 aromatic heterocycles. The van der Waals surface area contributed by atoms with Gasteiger partial charge < -0.3 is 4.42 Å². The molecular weight excluding hydrogens is 705 g/mol. The van der Waals surface area contributed by atoms with Gasteiger partial charge in [0.05, 0.1) is 0 Å². The fourth-order valence-electron chi connectivity index (χ4n) is 7.54. The third-order valence-electron chi connectivity index (χ3n) is 10.3. The van der Waals surface area contributed by atoms with Crippen LogP contribution < -0.4 is 0 Å². The van der Waals surface area contributed by atoms with E-state index in [4.69, 9.17) is 24.4 Å². The summed E-state index contributed by atoms with van der Waals surface area (Å²) in [4.78, 5) is 20.1. The number of hydrogen-bond donors (Lipinski definition) is 0. The Hall–Kier alpha value is -7.28. The predicted molar refractivity (Wildman–Crippen MR) is 230 cm³/mol. The molecule has 0 saturated carbocycles. The molecule has 0 aliphatic rings. The number of rotatable bonds is 6. The molecule has 0 atom stereocenters. The molecule has 0 unspecified atom stereocenters. The second kappa shape index (κ2) is 13.2. The van der Waals surface area contributed by atoms with Crippen LogP contribution in [0, 0.1) is 0 Å². The topological polar surface area (TPSA) is 64.7 Å². The molecule has 8 aromatic carbocycles. The molecule has 3 heterocycles. The largest absolute Gasteiger partial charge is 0.436 e. The van der Waals surface area contributed by atoms with Gasteiger partial charge in [-0.3, -0.25) is 0 Å². The molecule has 0 bridgehead atoms. The Morgan fingerprint density at radius 3 is 1.75 bits per heavy atom. The van der Waals surface area contributed by atoms with E-state index in [9.17, 15) is 0 Å². The lowest BCUT2D eigenvalue weighted by Crippen LogP contribution is -2.00. The molecule has 0 aliphatic heterocycles. The Balaban J connectivity index is 0.997. The van der Waals surface area contributed by atoms with Crippen molar-refractivity contribution in [3.63, 3.8) is 0 Å². The van der Waals surface area contributed by atoms with Crippen molar-refractivity contribution in [3.8, 4) is 67.9 Å². The zero-order valence-corrected chi connectivity index (χ0v) is 30.7. The van der Waals surface area contributed by atoms with Crippen LogP contribution in [0.1, 0.15) is 0 Å². The first-order valence-electron chi connectivity index (χ1n) is 18.5. The van der Waals surface area contributed by atoms with Gasteiger partial charge in [-0.25, -0.2) is 19.9 Å². The Morgan fingerprint density at radius 2 is 0.982 bits per heavy atom. The highest BCUT2D eigenvalue weighted by Gasteiger charge is 2.17. The summed E-state index contributed by atoms with van der Waals surface area (Å²) in [5.41, 5.74) is 9.89. The van der Waals surface area contributed by atoms with Gasteiger partial charge in [0.25, 0.3) is 0 Å². The fraction of sp³-hybridized carbons (Fsp3) is 0. The van der Waals surface area contributed by atoms with E-state index in [1.165, 1.54) is 20.2 Å². The average Bonchev–Trinajstić information content (AvgIpc) is 3.86. The highest BCUT2D eigenvalue weighted by atomic mass is 32.1. The quantitative estimate of drug-likeness (QED) is 0.170. The molecule has 56 heavy (non-hydrogen) atoms. The van der Waals surface area contributed by atoms with Crippen molar-refractivity contribution in [1.29, 1.82) is 0 Å². The number of aromatic nitrogens is 4. The second-order valence-electron chi connectivity index (χ2n) is 13.9. The monoisotopic (exact) mass is 734 g/mol. The van der Waals surface area contributed by atoms with Crippen LogP contribution >= 0.6 is 11.3 Å². The number of hydrogen-bond acceptors (Lipinski definition) is 6. The van der Waals surface area contributed by atoms with Crippen molar-refractivity contribution < 1.29 is 4.42 Å². The Labute approximate surface area is 326 Å². The van der Waals surface area contributed by atoms with Gasteiger partial charge >= 0.3 is 0 Å². The van der Waals surface area contributed by atoms with Gasteiger partial charge in [0.2, 0.25) is 5.89 Å². The SMILES string of the molecule is c1ccc(-c2cccc(-c3nc(-c4ccccc4)nc(-c4cccc(-c5cccc6c5sc5cc7nc(-c8ccc9ccccc9c8)oc7cc56)c4)n3)c2)cc1. The normalized spacial score (nSPS) is 11.6. The average molecular weight is 735 g/mol. The van der Waals surface area contributed by atoms with Crippen LogP contribution in [0.3, 0.4) is 0 Å². The van der Waals surface area contributed by atoms with Crippen LogP contribution in [0.15, 0.2) is 186 Å². The second-order valence-corrected chi connectivity index (χ2v) is 14.9. The Bertz CT molecular complexity index is 3260. The summed E-state index contributed by atoms with van der Waals surface area (Å²) in [5.74, 6) is 2.52. The number of fused-ring (bicyclic) bond motifs is 5. The van der Waals surface area contributed by atoms with Crippen molar-refractivity contribution >= 4 is 53.4 Å². The minimum absolute atomic E-state index is 0.623. The third kappa shape index (κ3) is 5.72. The van der Waals surface area contributed by atoms with E-state index < -0.39 is 0 Å². The van der Waals surface area contributed by atoms with E-state index in [1.807, 2.05) is 36.4 Å². The van der Waals surface area contributed by atoms with Crippen molar-refractivity contribution in [3.05, 3.63) is 182 Å². The van der Waals surface area contributed by atoms with Gasteiger partial charge in [-0.05, 0) is 69.4 Å². The number of benzene rings is 8.